The van der Waals surface area contributed by atoms with E-state index in [0.29, 0.717) is 0 Å². The van der Waals surface area contributed by atoms with Gasteiger partial charge in [-0.1, -0.05) is 0 Å². The lowest BCUT2D eigenvalue weighted by atomic mass is 10.1. The summed E-state index contributed by atoms with van der Waals surface area (Å²) in [4.78, 5) is 17.5. The number of nitrogens with one attached hydrogen (secondary N) is 2. The van der Waals surface area contributed by atoms with Gasteiger partial charge >= 0.3 is 5.69 Å². The first-order valence-corrected chi connectivity index (χ1v) is 4.93. The molecule has 1 heterocycles. The lowest BCUT2D eigenvalue weighted by molar-refractivity contribution is -0.383. The van der Waals surface area contributed by atoms with E-state index in [9.17, 15) is 10.1 Å². The molecule has 0 spiro atoms. The van der Waals surface area contributed by atoms with Crippen LogP contribution in [0.25, 0.3) is 0 Å². The third-order valence-corrected chi connectivity index (χ3v) is 2.26. The van der Waals surface area contributed by atoms with E-state index in [1.807, 2.05) is 0 Å². The van der Waals surface area contributed by atoms with Crippen LogP contribution < -0.4 is 16.6 Å². The topological polar surface area (TPSA) is 159 Å². The molecule has 0 saturated carbocycles. The summed E-state index contributed by atoms with van der Waals surface area (Å²) >= 11 is 0. The number of aliphatic hydroxyl groups is 2. The Morgan fingerprint density at radius 1 is 1.44 bits per heavy atom. The van der Waals surface area contributed by atoms with E-state index in [1.165, 1.54) is 6.92 Å². The number of nitrogens with zero attached hydrogens (tertiary/aromatic N) is 3. The number of rotatable bonds is 6. The minimum atomic E-state index is -1.15. The van der Waals surface area contributed by atoms with Crippen LogP contribution in [0.15, 0.2) is 6.33 Å². The Morgan fingerprint density at radius 2 is 2.00 bits per heavy atom. The van der Waals surface area contributed by atoms with Gasteiger partial charge in [0.15, 0.2) is 0 Å². The molecule has 0 amide bonds. The monoisotopic (exact) mass is 258 g/mol. The number of anilines is 2. The number of nitrogen functional groups attached to an aromatic ring is 1. The molecule has 0 aliphatic carbocycles. The van der Waals surface area contributed by atoms with Crippen molar-refractivity contribution in [1.82, 2.24) is 9.97 Å². The zero-order chi connectivity index (χ0) is 13.8. The summed E-state index contributed by atoms with van der Waals surface area (Å²) in [5.41, 5.74) is 0.469. The van der Waals surface area contributed by atoms with Crippen LogP contribution in [0.1, 0.15) is 6.92 Å². The Hall–Kier alpha value is -2.04. The molecule has 6 N–H and O–H groups in total. The number of nitrogens with two attached hydrogens (primary N) is 1. The van der Waals surface area contributed by atoms with Gasteiger partial charge in [-0.25, -0.2) is 15.8 Å². The quantitative estimate of drug-likeness (QED) is 0.240. The zero-order valence-corrected chi connectivity index (χ0v) is 9.62. The van der Waals surface area contributed by atoms with Gasteiger partial charge in [-0.2, -0.15) is 0 Å². The molecule has 0 saturated heterocycles. The second kappa shape index (κ2) is 5.53. The number of hydrogen-bond donors (Lipinski definition) is 5. The highest BCUT2D eigenvalue weighted by atomic mass is 16.6. The maximum Gasteiger partial charge on any atom is 0.354 e. The van der Waals surface area contributed by atoms with E-state index in [4.69, 9.17) is 16.1 Å². The lowest BCUT2D eigenvalue weighted by Crippen LogP contribution is -2.43. The minimum Gasteiger partial charge on any atom is -0.394 e. The van der Waals surface area contributed by atoms with Crippen molar-refractivity contribution in [2.24, 2.45) is 5.84 Å². The standard InChI is InChI=1S/C8H14N6O4/c1-8(2-15,3-16)12-6-5(14(17)18)7(13-9)11-4-10-6/h4,15-16H,2-3,9H2,1H3,(H2,10,11,12,13). The summed E-state index contributed by atoms with van der Waals surface area (Å²) in [7, 11) is 0. The Kier molecular flexibility index (Phi) is 4.31. The molecule has 1 rings (SSSR count). The van der Waals surface area contributed by atoms with Crippen molar-refractivity contribution in [3.63, 3.8) is 0 Å². The van der Waals surface area contributed by atoms with Crippen LogP contribution in [0, 0.1) is 10.1 Å². The van der Waals surface area contributed by atoms with Crippen LogP contribution >= 0.6 is 0 Å². The number of nitro groups is 1. The second-order valence-electron chi connectivity index (χ2n) is 3.82. The molecular formula is C8H14N6O4. The molecule has 0 unspecified atom stereocenters. The first-order chi connectivity index (χ1) is 8.47. The van der Waals surface area contributed by atoms with Gasteiger partial charge in [0.2, 0.25) is 11.6 Å². The van der Waals surface area contributed by atoms with E-state index in [0.717, 1.165) is 6.33 Å². The summed E-state index contributed by atoms with van der Waals surface area (Å²) in [6, 6.07) is 0. The largest absolute Gasteiger partial charge is 0.394 e. The molecule has 100 valence electrons. The molecule has 10 nitrogen and oxygen atoms in total. The van der Waals surface area contributed by atoms with Crippen molar-refractivity contribution in [2.75, 3.05) is 24.0 Å². The molecule has 1 aromatic heterocycles. The van der Waals surface area contributed by atoms with Crippen molar-refractivity contribution < 1.29 is 15.1 Å². The summed E-state index contributed by atoms with van der Waals surface area (Å²) in [6.07, 6.45) is 1.07. The molecule has 0 aliphatic rings. The van der Waals surface area contributed by atoms with Crippen molar-refractivity contribution in [3.8, 4) is 0 Å². The fraction of sp³-hybridized carbons (Fsp3) is 0.500. The third kappa shape index (κ3) is 2.80. The first kappa shape index (κ1) is 14.0. The van der Waals surface area contributed by atoms with Crippen LogP contribution in [0.2, 0.25) is 0 Å². The predicted molar refractivity (Wildman–Crippen MR) is 62.7 cm³/mol. The SMILES string of the molecule is CC(CO)(CO)Nc1ncnc(NN)c1[N+](=O)[O-]. The molecule has 0 aromatic carbocycles. The number of hydrazine groups is 1. The van der Waals surface area contributed by atoms with Gasteiger partial charge in [-0.3, -0.25) is 10.1 Å². The Bertz CT molecular complexity index is 436. The van der Waals surface area contributed by atoms with Gasteiger partial charge in [0.05, 0.1) is 23.7 Å². The molecule has 18 heavy (non-hydrogen) atoms. The Morgan fingerprint density at radius 3 is 2.44 bits per heavy atom. The molecule has 0 aliphatic heterocycles. The van der Waals surface area contributed by atoms with Gasteiger partial charge < -0.3 is 21.0 Å². The average Bonchev–Trinajstić information content (AvgIpc) is 2.37. The molecule has 1 aromatic rings. The highest BCUT2D eigenvalue weighted by molar-refractivity contribution is 5.69. The van der Waals surface area contributed by atoms with Gasteiger partial charge in [-0.05, 0) is 6.92 Å². The zero-order valence-electron chi connectivity index (χ0n) is 9.62. The van der Waals surface area contributed by atoms with Crippen molar-refractivity contribution in [2.45, 2.75) is 12.5 Å². The Labute approximate surface area is 102 Å². The first-order valence-electron chi connectivity index (χ1n) is 4.93. The lowest BCUT2D eigenvalue weighted by Gasteiger charge is -2.26. The van der Waals surface area contributed by atoms with Crippen LogP contribution in [0.5, 0.6) is 0 Å². The van der Waals surface area contributed by atoms with E-state index < -0.39 is 29.4 Å². The number of hydrogen-bond acceptors (Lipinski definition) is 9. The molecule has 0 bridgehead atoms. The molecular weight excluding hydrogens is 244 g/mol. The fourth-order valence-corrected chi connectivity index (χ4v) is 1.16. The summed E-state index contributed by atoms with van der Waals surface area (Å²) < 4.78 is 0. The molecule has 0 atom stereocenters. The normalized spacial score (nSPS) is 11.1. The van der Waals surface area contributed by atoms with Crippen LogP contribution in [-0.4, -0.2) is 43.9 Å². The Balaban J connectivity index is 3.20. The predicted octanol–water partition coefficient (Wildman–Crippen LogP) is -1.17. The van der Waals surface area contributed by atoms with Crippen molar-refractivity contribution >= 4 is 17.3 Å². The van der Waals surface area contributed by atoms with E-state index >= 15 is 0 Å². The van der Waals surface area contributed by atoms with Crippen LogP contribution in [-0.2, 0) is 0 Å². The van der Waals surface area contributed by atoms with E-state index in [2.05, 4.69) is 20.7 Å². The van der Waals surface area contributed by atoms with Gasteiger partial charge in [0.25, 0.3) is 0 Å². The van der Waals surface area contributed by atoms with Gasteiger partial charge in [0.1, 0.15) is 6.33 Å². The molecule has 0 fully saturated rings. The fourth-order valence-electron chi connectivity index (χ4n) is 1.16. The maximum atomic E-state index is 10.9. The third-order valence-electron chi connectivity index (χ3n) is 2.26. The maximum absolute atomic E-state index is 10.9. The molecule has 0 radical (unpaired) electrons. The summed E-state index contributed by atoms with van der Waals surface area (Å²) in [5.74, 6) is 4.80. The van der Waals surface area contributed by atoms with Crippen molar-refractivity contribution in [1.29, 1.82) is 0 Å². The summed E-state index contributed by atoms with van der Waals surface area (Å²) in [6.45, 7) is 0.612. The minimum absolute atomic E-state index is 0.145. The highest BCUT2D eigenvalue weighted by Crippen LogP contribution is 2.29. The number of aromatic nitrogens is 2. The smallest absolute Gasteiger partial charge is 0.354 e. The van der Waals surface area contributed by atoms with Crippen molar-refractivity contribution in [3.05, 3.63) is 16.4 Å². The highest BCUT2D eigenvalue weighted by Gasteiger charge is 2.29. The average molecular weight is 258 g/mol. The van der Waals surface area contributed by atoms with Gasteiger partial charge in [0, 0.05) is 0 Å². The second-order valence-corrected chi connectivity index (χ2v) is 3.82. The van der Waals surface area contributed by atoms with E-state index in [-0.39, 0.29) is 11.6 Å². The van der Waals surface area contributed by atoms with Crippen LogP contribution in [0.3, 0.4) is 0 Å². The van der Waals surface area contributed by atoms with E-state index in [1.54, 1.807) is 0 Å². The number of aliphatic hydroxyl groups excluding tert-OH is 2. The molecule has 10 heteroatoms. The van der Waals surface area contributed by atoms with Gasteiger partial charge in [-0.15, -0.1) is 0 Å². The van der Waals surface area contributed by atoms with Crippen LogP contribution in [0.4, 0.5) is 17.3 Å². The summed E-state index contributed by atoms with van der Waals surface area (Å²) in [5, 5.41) is 31.8.